The van der Waals surface area contributed by atoms with Crippen LogP contribution in [-0.2, 0) is 9.59 Å². The van der Waals surface area contributed by atoms with Crippen LogP contribution in [0.3, 0.4) is 0 Å². The lowest BCUT2D eigenvalue weighted by atomic mass is 10.2. The molecule has 3 aromatic rings. The maximum Gasteiger partial charge on any atom is 0.237 e. The first-order valence-electron chi connectivity index (χ1n) is 9.61. The zero-order valence-electron chi connectivity index (χ0n) is 16.9. The van der Waals surface area contributed by atoms with Gasteiger partial charge < -0.3 is 15.4 Å². The number of rotatable bonds is 8. The molecule has 30 heavy (non-hydrogen) atoms. The second-order valence-electron chi connectivity index (χ2n) is 6.80. The van der Waals surface area contributed by atoms with E-state index >= 15 is 0 Å². The highest BCUT2D eigenvalue weighted by atomic mass is 32.2. The summed E-state index contributed by atoms with van der Waals surface area (Å²) in [7, 11) is 0. The van der Waals surface area contributed by atoms with Crippen molar-refractivity contribution >= 4 is 35.0 Å². The number of benzene rings is 3. The van der Waals surface area contributed by atoms with Crippen LogP contribution < -0.4 is 15.4 Å². The van der Waals surface area contributed by atoms with E-state index in [9.17, 15) is 9.59 Å². The largest absolute Gasteiger partial charge is 0.457 e. The van der Waals surface area contributed by atoms with Crippen molar-refractivity contribution in [2.75, 3.05) is 16.4 Å². The summed E-state index contributed by atoms with van der Waals surface area (Å²) in [6.07, 6.45) is 0. The lowest BCUT2D eigenvalue weighted by molar-refractivity contribution is -0.115. The molecule has 1 atom stereocenters. The molecule has 2 N–H and O–H groups in total. The van der Waals surface area contributed by atoms with Gasteiger partial charge in [-0.25, -0.2) is 0 Å². The quantitative estimate of drug-likeness (QED) is 0.506. The molecule has 0 unspecified atom stereocenters. The molecule has 0 radical (unpaired) electrons. The molecule has 0 saturated carbocycles. The van der Waals surface area contributed by atoms with E-state index < -0.39 is 0 Å². The summed E-state index contributed by atoms with van der Waals surface area (Å²) in [5.74, 6) is 1.36. The van der Waals surface area contributed by atoms with E-state index in [4.69, 9.17) is 4.74 Å². The summed E-state index contributed by atoms with van der Waals surface area (Å²) in [6, 6.07) is 24.3. The van der Waals surface area contributed by atoms with Crippen molar-refractivity contribution in [1.29, 1.82) is 0 Å². The molecule has 154 valence electrons. The zero-order chi connectivity index (χ0) is 21.3. The Bertz CT molecular complexity index is 991. The third-order valence-electron chi connectivity index (χ3n) is 4.24. The van der Waals surface area contributed by atoms with E-state index in [1.165, 1.54) is 11.8 Å². The highest BCUT2D eigenvalue weighted by Gasteiger charge is 2.15. The number of carbonyl (C=O) groups is 2. The van der Waals surface area contributed by atoms with Gasteiger partial charge in [-0.3, -0.25) is 9.59 Å². The van der Waals surface area contributed by atoms with Crippen molar-refractivity contribution in [3.8, 4) is 11.5 Å². The molecule has 0 aliphatic heterocycles. The number of ether oxygens (including phenoxy) is 1. The molecule has 3 aromatic carbocycles. The van der Waals surface area contributed by atoms with E-state index in [-0.39, 0.29) is 22.8 Å². The summed E-state index contributed by atoms with van der Waals surface area (Å²) >= 11 is 1.29. The number of anilines is 2. The van der Waals surface area contributed by atoms with Crippen LogP contribution >= 0.6 is 11.8 Å². The summed E-state index contributed by atoms with van der Waals surface area (Å²) in [6.45, 7) is 3.75. The number of thioether (sulfide) groups is 1. The molecule has 5 nitrogen and oxygen atoms in total. The Balaban J connectivity index is 1.45. The van der Waals surface area contributed by atoms with Gasteiger partial charge in [0, 0.05) is 11.4 Å². The molecule has 0 aromatic heterocycles. The molecule has 0 heterocycles. The molecule has 0 saturated heterocycles. The maximum atomic E-state index is 12.4. The Labute approximate surface area is 180 Å². The highest BCUT2D eigenvalue weighted by Crippen LogP contribution is 2.23. The summed E-state index contributed by atoms with van der Waals surface area (Å²) in [4.78, 5) is 24.5. The summed E-state index contributed by atoms with van der Waals surface area (Å²) in [5, 5.41) is 5.35. The summed E-state index contributed by atoms with van der Waals surface area (Å²) < 4.78 is 5.75. The van der Waals surface area contributed by atoms with Crippen molar-refractivity contribution in [3.05, 3.63) is 84.4 Å². The highest BCUT2D eigenvalue weighted by molar-refractivity contribution is 8.01. The first-order valence-corrected chi connectivity index (χ1v) is 10.7. The molecule has 0 spiro atoms. The molecular formula is C24H24N2O3S. The topological polar surface area (TPSA) is 67.4 Å². The summed E-state index contributed by atoms with van der Waals surface area (Å²) in [5.41, 5.74) is 2.51. The van der Waals surface area contributed by atoms with Gasteiger partial charge in [0.2, 0.25) is 11.8 Å². The second kappa shape index (κ2) is 10.5. The Kier molecular flexibility index (Phi) is 7.51. The Morgan fingerprint density at radius 3 is 2.27 bits per heavy atom. The first kappa shape index (κ1) is 21.5. The van der Waals surface area contributed by atoms with Gasteiger partial charge in [0.15, 0.2) is 0 Å². The van der Waals surface area contributed by atoms with Crippen molar-refractivity contribution in [2.45, 2.75) is 19.1 Å². The minimum atomic E-state index is -0.367. The van der Waals surface area contributed by atoms with Gasteiger partial charge in [-0.2, -0.15) is 0 Å². The smallest absolute Gasteiger partial charge is 0.237 e. The maximum absolute atomic E-state index is 12.4. The lowest BCUT2D eigenvalue weighted by Gasteiger charge is -2.13. The Morgan fingerprint density at radius 1 is 0.867 bits per heavy atom. The molecule has 0 fully saturated rings. The molecule has 3 rings (SSSR count). The van der Waals surface area contributed by atoms with Gasteiger partial charge in [-0.15, -0.1) is 11.8 Å². The van der Waals surface area contributed by atoms with Crippen molar-refractivity contribution in [1.82, 2.24) is 0 Å². The van der Waals surface area contributed by atoms with Crippen LogP contribution in [0.1, 0.15) is 12.5 Å². The van der Waals surface area contributed by atoms with Crippen molar-refractivity contribution in [2.24, 2.45) is 0 Å². The first-order chi connectivity index (χ1) is 14.5. The van der Waals surface area contributed by atoms with Crippen LogP contribution in [-0.4, -0.2) is 22.8 Å². The fourth-order valence-corrected chi connectivity index (χ4v) is 3.35. The van der Waals surface area contributed by atoms with Crippen LogP contribution in [0.4, 0.5) is 11.4 Å². The fraction of sp³-hybridized carbons (Fsp3) is 0.167. The molecule has 0 aliphatic rings. The standard InChI is InChI=1S/C24H24N2O3S/c1-17-7-6-8-20(15-17)25-23(27)16-30-18(2)24(28)26-19-11-13-22(14-12-19)29-21-9-4-3-5-10-21/h3-15,18H,16H2,1-2H3,(H,25,27)(H,26,28)/t18-/m1/s1. The van der Waals surface area contributed by atoms with Crippen LogP contribution in [0.5, 0.6) is 11.5 Å². The SMILES string of the molecule is Cc1cccc(NC(=O)CS[C@H](C)C(=O)Nc2ccc(Oc3ccccc3)cc2)c1. The van der Waals surface area contributed by atoms with Crippen LogP contribution in [0, 0.1) is 6.92 Å². The van der Waals surface area contributed by atoms with Crippen molar-refractivity contribution < 1.29 is 14.3 Å². The van der Waals surface area contributed by atoms with Crippen LogP contribution in [0.25, 0.3) is 0 Å². The molecular weight excluding hydrogens is 396 g/mol. The number of carbonyl (C=O) groups excluding carboxylic acids is 2. The molecule has 0 bridgehead atoms. The van der Waals surface area contributed by atoms with E-state index in [0.717, 1.165) is 17.0 Å². The van der Waals surface area contributed by atoms with Gasteiger partial charge in [0.25, 0.3) is 0 Å². The number of nitrogens with one attached hydrogen (secondary N) is 2. The fourth-order valence-electron chi connectivity index (χ4n) is 2.67. The minimum Gasteiger partial charge on any atom is -0.457 e. The number of hydrogen-bond acceptors (Lipinski definition) is 4. The third-order valence-corrected chi connectivity index (χ3v) is 5.38. The van der Waals surface area contributed by atoms with Crippen LogP contribution in [0.15, 0.2) is 78.9 Å². The monoisotopic (exact) mass is 420 g/mol. The number of para-hydroxylation sites is 1. The number of amides is 2. The molecule has 2 amide bonds. The van der Waals surface area contributed by atoms with E-state index in [1.807, 2.05) is 61.5 Å². The number of aryl methyl sites for hydroxylation is 1. The number of hydrogen-bond donors (Lipinski definition) is 2. The predicted octanol–water partition coefficient (Wildman–Crippen LogP) is 5.49. The third kappa shape index (κ3) is 6.67. The zero-order valence-corrected chi connectivity index (χ0v) is 17.7. The molecule has 6 heteroatoms. The van der Waals surface area contributed by atoms with Gasteiger partial charge in [-0.05, 0) is 67.9 Å². The lowest BCUT2D eigenvalue weighted by Crippen LogP contribution is -2.25. The van der Waals surface area contributed by atoms with Gasteiger partial charge in [0.1, 0.15) is 11.5 Å². The Morgan fingerprint density at radius 2 is 1.57 bits per heavy atom. The van der Waals surface area contributed by atoms with E-state index in [1.54, 1.807) is 31.2 Å². The average Bonchev–Trinajstić information content (AvgIpc) is 2.74. The minimum absolute atomic E-state index is 0.132. The normalized spacial score (nSPS) is 11.4. The van der Waals surface area contributed by atoms with E-state index in [0.29, 0.717) is 11.4 Å². The predicted molar refractivity (Wildman–Crippen MR) is 123 cm³/mol. The average molecular weight is 421 g/mol. The van der Waals surface area contributed by atoms with Crippen LogP contribution in [0.2, 0.25) is 0 Å². The van der Waals surface area contributed by atoms with E-state index in [2.05, 4.69) is 10.6 Å². The van der Waals surface area contributed by atoms with Gasteiger partial charge in [-0.1, -0.05) is 30.3 Å². The Hall–Kier alpha value is -3.25. The van der Waals surface area contributed by atoms with Crippen molar-refractivity contribution in [3.63, 3.8) is 0 Å². The van der Waals surface area contributed by atoms with Gasteiger partial charge in [0.05, 0.1) is 11.0 Å². The second-order valence-corrected chi connectivity index (χ2v) is 8.13. The van der Waals surface area contributed by atoms with Gasteiger partial charge >= 0.3 is 0 Å². The molecule has 0 aliphatic carbocycles.